The van der Waals surface area contributed by atoms with Crippen LogP contribution < -0.4 is 16.0 Å². The number of hydrogen-bond acceptors (Lipinski definition) is 8. The standard InChI is InChI=1S/C28H36N8O3/c1-4-6-24(37)35-12-9-23(35)26(38)31-21-8-5-7-19(15-21)16-29-28-34-27(32-20-10-13-39-14-11-20)33-25-22(18(2)3)17-30-36(25)28/h4-8,15,17-18,20,23H,9-14,16H2,1-3H3,(H,31,38)(H2,29,32,33,34)/b6-4+. The smallest absolute Gasteiger partial charge is 0.247 e. The summed E-state index contributed by atoms with van der Waals surface area (Å²) in [6.45, 7) is 8.56. The lowest BCUT2D eigenvalue weighted by Gasteiger charge is -2.39. The Labute approximate surface area is 228 Å². The van der Waals surface area contributed by atoms with Crippen molar-refractivity contribution in [2.45, 2.75) is 64.6 Å². The molecule has 39 heavy (non-hydrogen) atoms. The zero-order valence-electron chi connectivity index (χ0n) is 22.7. The highest BCUT2D eigenvalue weighted by molar-refractivity contribution is 6.00. The first-order valence-corrected chi connectivity index (χ1v) is 13.6. The minimum atomic E-state index is -0.443. The highest BCUT2D eigenvalue weighted by atomic mass is 16.5. The van der Waals surface area contributed by atoms with Gasteiger partial charge in [0, 0.05) is 43.6 Å². The predicted molar refractivity (Wildman–Crippen MR) is 150 cm³/mol. The first-order chi connectivity index (χ1) is 18.9. The zero-order chi connectivity index (χ0) is 27.4. The first-order valence-electron chi connectivity index (χ1n) is 13.6. The number of aromatic nitrogens is 4. The van der Waals surface area contributed by atoms with E-state index >= 15 is 0 Å². The number of benzene rings is 1. The minimum Gasteiger partial charge on any atom is -0.381 e. The van der Waals surface area contributed by atoms with E-state index in [1.807, 2.05) is 30.5 Å². The molecule has 2 aliphatic heterocycles. The molecule has 2 aromatic heterocycles. The third kappa shape index (κ3) is 6.03. The van der Waals surface area contributed by atoms with Crippen LogP contribution in [0.2, 0.25) is 0 Å². The van der Waals surface area contributed by atoms with E-state index in [-0.39, 0.29) is 23.8 Å². The summed E-state index contributed by atoms with van der Waals surface area (Å²) >= 11 is 0. The number of allylic oxidation sites excluding steroid dienone is 1. The molecule has 0 aliphatic carbocycles. The summed E-state index contributed by atoms with van der Waals surface area (Å²) in [5.74, 6) is 1.11. The van der Waals surface area contributed by atoms with Crippen LogP contribution in [0.1, 0.15) is 57.1 Å². The van der Waals surface area contributed by atoms with Crippen molar-refractivity contribution in [1.82, 2.24) is 24.5 Å². The highest BCUT2D eigenvalue weighted by Crippen LogP contribution is 2.24. The lowest BCUT2D eigenvalue weighted by molar-refractivity contribution is -0.141. The number of hydrogen-bond donors (Lipinski definition) is 3. The summed E-state index contributed by atoms with van der Waals surface area (Å²) in [7, 11) is 0. The number of carbonyl (C=O) groups is 2. The van der Waals surface area contributed by atoms with Gasteiger partial charge in [-0.15, -0.1) is 0 Å². The molecule has 2 aliphatic rings. The van der Waals surface area contributed by atoms with E-state index in [0.29, 0.717) is 37.1 Å². The fourth-order valence-corrected chi connectivity index (χ4v) is 4.83. The molecule has 0 saturated carbocycles. The number of anilines is 3. The van der Waals surface area contributed by atoms with Gasteiger partial charge in [-0.25, -0.2) is 0 Å². The van der Waals surface area contributed by atoms with Gasteiger partial charge in [-0.3, -0.25) is 9.59 Å². The van der Waals surface area contributed by atoms with E-state index in [0.717, 1.165) is 42.8 Å². The van der Waals surface area contributed by atoms with E-state index in [1.165, 1.54) is 6.08 Å². The second kappa shape index (κ2) is 11.8. The molecular weight excluding hydrogens is 496 g/mol. The molecule has 3 N–H and O–H groups in total. The second-order valence-corrected chi connectivity index (χ2v) is 10.3. The normalized spacial score (nSPS) is 17.9. The van der Waals surface area contributed by atoms with Gasteiger partial charge in [-0.05, 0) is 55.9 Å². The first kappa shape index (κ1) is 26.6. The number of ether oxygens (including phenoxy) is 1. The molecular formula is C28H36N8O3. The molecule has 2 amide bonds. The maximum Gasteiger partial charge on any atom is 0.247 e. The van der Waals surface area contributed by atoms with E-state index in [2.05, 4.69) is 34.9 Å². The van der Waals surface area contributed by atoms with Crippen LogP contribution in [-0.2, 0) is 20.9 Å². The van der Waals surface area contributed by atoms with Crippen molar-refractivity contribution in [3.63, 3.8) is 0 Å². The van der Waals surface area contributed by atoms with Gasteiger partial charge in [0.25, 0.3) is 0 Å². The summed E-state index contributed by atoms with van der Waals surface area (Å²) < 4.78 is 7.22. The van der Waals surface area contributed by atoms with Gasteiger partial charge in [0.2, 0.25) is 23.7 Å². The maximum atomic E-state index is 12.8. The minimum absolute atomic E-state index is 0.136. The quantitative estimate of drug-likeness (QED) is 0.357. The van der Waals surface area contributed by atoms with Gasteiger partial charge in [0.15, 0.2) is 5.65 Å². The average Bonchev–Trinajstić information content (AvgIpc) is 3.32. The molecule has 206 valence electrons. The Kier molecular flexibility index (Phi) is 8.06. The van der Waals surface area contributed by atoms with Crippen LogP contribution in [0.15, 0.2) is 42.6 Å². The monoisotopic (exact) mass is 532 g/mol. The summed E-state index contributed by atoms with van der Waals surface area (Å²) in [5.41, 5.74) is 3.47. The van der Waals surface area contributed by atoms with E-state index in [1.54, 1.807) is 22.4 Å². The van der Waals surface area contributed by atoms with Crippen molar-refractivity contribution in [3.8, 4) is 0 Å². The Hall–Kier alpha value is -3.99. The summed E-state index contributed by atoms with van der Waals surface area (Å²) in [5, 5.41) is 14.4. The highest BCUT2D eigenvalue weighted by Gasteiger charge is 2.36. The fraction of sp³-hybridized carbons (Fsp3) is 0.464. The predicted octanol–water partition coefficient (Wildman–Crippen LogP) is 3.57. The number of likely N-dealkylation sites (tertiary alicyclic amines) is 1. The fourth-order valence-electron chi connectivity index (χ4n) is 4.83. The third-order valence-corrected chi connectivity index (χ3v) is 7.13. The molecule has 1 aromatic carbocycles. The van der Waals surface area contributed by atoms with Crippen molar-refractivity contribution in [2.75, 3.05) is 35.7 Å². The number of fused-ring (bicyclic) bond motifs is 1. The van der Waals surface area contributed by atoms with E-state index in [4.69, 9.17) is 14.7 Å². The van der Waals surface area contributed by atoms with Crippen molar-refractivity contribution < 1.29 is 14.3 Å². The molecule has 1 unspecified atom stereocenters. The summed E-state index contributed by atoms with van der Waals surface area (Å²) in [6, 6.07) is 7.47. The summed E-state index contributed by atoms with van der Waals surface area (Å²) in [6.07, 6.45) is 7.51. The Morgan fingerprint density at radius 2 is 2.00 bits per heavy atom. The van der Waals surface area contributed by atoms with Crippen molar-refractivity contribution in [2.24, 2.45) is 0 Å². The van der Waals surface area contributed by atoms with Gasteiger partial charge in [0.05, 0.1) is 6.20 Å². The average molecular weight is 533 g/mol. The van der Waals surface area contributed by atoms with Crippen LogP contribution in [0.3, 0.4) is 0 Å². The van der Waals surface area contributed by atoms with E-state index < -0.39 is 6.04 Å². The molecule has 2 saturated heterocycles. The van der Waals surface area contributed by atoms with Gasteiger partial charge < -0.3 is 25.6 Å². The molecule has 11 nitrogen and oxygen atoms in total. The molecule has 0 spiro atoms. The number of carbonyl (C=O) groups excluding carboxylic acids is 2. The van der Waals surface area contributed by atoms with Crippen LogP contribution >= 0.6 is 0 Å². The summed E-state index contributed by atoms with van der Waals surface area (Å²) in [4.78, 5) is 36.1. The Balaban J connectivity index is 1.30. The molecule has 3 aromatic rings. The zero-order valence-corrected chi connectivity index (χ0v) is 22.7. The number of amides is 2. The van der Waals surface area contributed by atoms with Gasteiger partial charge in [0.1, 0.15) is 6.04 Å². The van der Waals surface area contributed by atoms with Crippen LogP contribution in [0.5, 0.6) is 0 Å². The maximum absolute atomic E-state index is 12.8. The van der Waals surface area contributed by atoms with Gasteiger partial charge >= 0.3 is 0 Å². The van der Waals surface area contributed by atoms with Crippen LogP contribution in [0, 0.1) is 0 Å². The molecule has 2 fully saturated rings. The Bertz CT molecular complexity index is 1360. The number of nitrogens with zero attached hydrogens (tertiary/aromatic N) is 5. The Morgan fingerprint density at radius 1 is 1.18 bits per heavy atom. The topological polar surface area (TPSA) is 126 Å². The molecule has 0 bridgehead atoms. The second-order valence-electron chi connectivity index (χ2n) is 10.3. The van der Waals surface area contributed by atoms with Gasteiger partial charge in [-0.1, -0.05) is 32.1 Å². The molecule has 1 atom stereocenters. The molecule has 11 heteroatoms. The van der Waals surface area contributed by atoms with Crippen molar-refractivity contribution in [3.05, 3.63) is 53.7 Å². The number of nitrogens with one attached hydrogen (secondary N) is 3. The lowest BCUT2D eigenvalue weighted by Crippen LogP contribution is -2.56. The van der Waals surface area contributed by atoms with Crippen LogP contribution in [0.25, 0.3) is 5.65 Å². The van der Waals surface area contributed by atoms with E-state index in [9.17, 15) is 9.59 Å². The Morgan fingerprint density at radius 3 is 2.72 bits per heavy atom. The molecule has 5 rings (SSSR count). The SMILES string of the molecule is C/C=C/C(=O)N1CCC1C(=O)Nc1cccc(CNc2nc(NC3CCOCC3)nc3c(C(C)C)cnn23)c1. The van der Waals surface area contributed by atoms with Gasteiger partial charge in [-0.2, -0.15) is 19.6 Å². The van der Waals surface area contributed by atoms with Crippen LogP contribution in [0.4, 0.5) is 17.6 Å². The third-order valence-electron chi connectivity index (χ3n) is 7.13. The molecule has 0 radical (unpaired) electrons. The lowest BCUT2D eigenvalue weighted by atomic mass is 10.0. The van der Waals surface area contributed by atoms with Crippen molar-refractivity contribution in [1.29, 1.82) is 0 Å². The molecule has 4 heterocycles. The van der Waals surface area contributed by atoms with Crippen molar-refractivity contribution >= 4 is 35.0 Å². The number of rotatable bonds is 9. The van der Waals surface area contributed by atoms with Crippen LogP contribution in [-0.4, -0.2) is 68.1 Å². The largest absolute Gasteiger partial charge is 0.381 e.